The van der Waals surface area contributed by atoms with Crippen molar-refractivity contribution in [3.05, 3.63) is 23.5 Å². The lowest BCUT2D eigenvalue weighted by molar-refractivity contribution is -0.126. The molecule has 120 valence electrons. The molecular formula is C16H22ClN3O2. The zero-order valence-electron chi connectivity index (χ0n) is 12.6. The lowest BCUT2D eigenvalue weighted by atomic mass is 9.94. The van der Waals surface area contributed by atoms with Gasteiger partial charge in [-0.05, 0) is 31.7 Å². The maximum atomic E-state index is 12.4. The third-order valence-electron chi connectivity index (χ3n) is 4.53. The minimum absolute atomic E-state index is 0.111. The summed E-state index contributed by atoms with van der Waals surface area (Å²) in [4.78, 5) is 18.6. The molecule has 6 heteroatoms. The van der Waals surface area contributed by atoms with E-state index in [1.54, 1.807) is 12.4 Å². The van der Waals surface area contributed by atoms with Crippen molar-refractivity contribution >= 4 is 23.2 Å². The van der Waals surface area contributed by atoms with E-state index in [0.717, 1.165) is 57.7 Å². The van der Waals surface area contributed by atoms with E-state index in [9.17, 15) is 4.79 Å². The Labute approximate surface area is 136 Å². The Morgan fingerprint density at radius 1 is 1.27 bits per heavy atom. The lowest BCUT2D eigenvalue weighted by Crippen LogP contribution is -2.45. The second-order valence-corrected chi connectivity index (χ2v) is 6.39. The van der Waals surface area contributed by atoms with Gasteiger partial charge in [0.1, 0.15) is 0 Å². The molecule has 3 heterocycles. The maximum Gasteiger partial charge on any atom is 0.223 e. The molecule has 1 amide bonds. The quantitative estimate of drug-likeness (QED) is 0.927. The van der Waals surface area contributed by atoms with E-state index >= 15 is 0 Å². The largest absolute Gasteiger partial charge is 0.381 e. The van der Waals surface area contributed by atoms with Crippen LogP contribution in [0.3, 0.4) is 0 Å². The van der Waals surface area contributed by atoms with Gasteiger partial charge < -0.3 is 15.0 Å². The number of piperidine rings is 1. The molecule has 0 spiro atoms. The number of anilines is 1. The standard InChI is InChI=1S/C16H22ClN3O2/c17-14-11-18-6-1-15(14)20-7-2-12(3-8-20)16(21)19-13-4-9-22-10-5-13/h1,6,11-13H,2-5,7-10H2,(H,19,21). The third kappa shape index (κ3) is 3.70. The van der Waals surface area contributed by atoms with Gasteiger partial charge in [0.2, 0.25) is 5.91 Å². The molecule has 0 unspecified atom stereocenters. The van der Waals surface area contributed by atoms with Crippen LogP contribution >= 0.6 is 11.6 Å². The van der Waals surface area contributed by atoms with Gasteiger partial charge in [0.25, 0.3) is 0 Å². The lowest BCUT2D eigenvalue weighted by Gasteiger charge is -2.34. The fourth-order valence-electron chi connectivity index (χ4n) is 3.17. The van der Waals surface area contributed by atoms with Crippen LogP contribution in [-0.2, 0) is 9.53 Å². The molecule has 0 bridgehead atoms. The zero-order chi connectivity index (χ0) is 15.4. The highest BCUT2D eigenvalue weighted by Gasteiger charge is 2.27. The van der Waals surface area contributed by atoms with Crippen molar-refractivity contribution in [2.75, 3.05) is 31.2 Å². The molecule has 1 N–H and O–H groups in total. The number of carbonyl (C=O) groups excluding carboxylic acids is 1. The third-order valence-corrected chi connectivity index (χ3v) is 4.82. The van der Waals surface area contributed by atoms with E-state index in [1.807, 2.05) is 6.07 Å². The van der Waals surface area contributed by atoms with E-state index < -0.39 is 0 Å². The molecule has 2 fully saturated rings. The van der Waals surface area contributed by atoms with Gasteiger partial charge in [0, 0.05) is 50.7 Å². The van der Waals surface area contributed by atoms with Crippen LogP contribution in [0.4, 0.5) is 5.69 Å². The summed E-state index contributed by atoms with van der Waals surface area (Å²) in [7, 11) is 0. The van der Waals surface area contributed by atoms with Crippen LogP contribution < -0.4 is 10.2 Å². The van der Waals surface area contributed by atoms with Crippen molar-refractivity contribution in [3.63, 3.8) is 0 Å². The van der Waals surface area contributed by atoms with Crippen molar-refractivity contribution in [3.8, 4) is 0 Å². The van der Waals surface area contributed by atoms with Crippen LogP contribution in [0, 0.1) is 5.92 Å². The van der Waals surface area contributed by atoms with E-state index in [0.29, 0.717) is 5.02 Å². The van der Waals surface area contributed by atoms with Gasteiger partial charge in [-0.25, -0.2) is 0 Å². The Morgan fingerprint density at radius 2 is 2.00 bits per heavy atom. The number of hydrogen-bond acceptors (Lipinski definition) is 4. The van der Waals surface area contributed by atoms with Crippen molar-refractivity contribution < 1.29 is 9.53 Å². The summed E-state index contributed by atoms with van der Waals surface area (Å²) < 4.78 is 5.33. The summed E-state index contributed by atoms with van der Waals surface area (Å²) in [5.41, 5.74) is 1.01. The number of pyridine rings is 1. The van der Waals surface area contributed by atoms with Crippen LogP contribution in [0.2, 0.25) is 5.02 Å². The molecule has 0 aromatic carbocycles. The van der Waals surface area contributed by atoms with Gasteiger partial charge in [0.15, 0.2) is 0 Å². The van der Waals surface area contributed by atoms with E-state index in [1.165, 1.54) is 0 Å². The molecule has 22 heavy (non-hydrogen) atoms. The van der Waals surface area contributed by atoms with Crippen molar-refractivity contribution in [2.24, 2.45) is 5.92 Å². The van der Waals surface area contributed by atoms with Crippen LogP contribution in [-0.4, -0.2) is 43.2 Å². The van der Waals surface area contributed by atoms with Gasteiger partial charge in [-0.15, -0.1) is 0 Å². The van der Waals surface area contributed by atoms with E-state index in [4.69, 9.17) is 16.3 Å². The van der Waals surface area contributed by atoms with Crippen molar-refractivity contribution in [2.45, 2.75) is 31.7 Å². The van der Waals surface area contributed by atoms with Crippen LogP contribution in [0.1, 0.15) is 25.7 Å². The Balaban J connectivity index is 1.51. The van der Waals surface area contributed by atoms with Gasteiger partial charge >= 0.3 is 0 Å². The number of nitrogens with zero attached hydrogens (tertiary/aromatic N) is 2. The summed E-state index contributed by atoms with van der Waals surface area (Å²) in [5, 5.41) is 3.85. The summed E-state index contributed by atoms with van der Waals surface area (Å²) in [5.74, 6) is 0.312. The van der Waals surface area contributed by atoms with E-state index in [2.05, 4.69) is 15.2 Å². The molecule has 3 rings (SSSR count). The number of amides is 1. The number of ether oxygens (including phenoxy) is 1. The molecule has 0 radical (unpaired) electrons. The molecule has 0 aliphatic carbocycles. The van der Waals surface area contributed by atoms with Crippen molar-refractivity contribution in [1.82, 2.24) is 10.3 Å². The predicted octanol–water partition coefficient (Wildman–Crippen LogP) is 2.25. The number of hydrogen-bond donors (Lipinski definition) is 1. The van der Waals surface area contributed by atoms with Crippen molar-refractivity contribution in [1.29, 1.82) is 0 Å². The first kappa shape index (κ1) is 15.6. The minimum atomic E-state index is 0.111. The molecule has 5 nitrogen and oxygen atoms in total. The average molecular weight is 324 g/mol. The Hall–Kier alpha value is -1.33. The number of nitrogens with one attached hydrogen (secondary N) is 1. The first-order valence-electron chi connectivity index (χ1n) is 7.96. The number of rotatable bonds is 3. The zero-order valence-corrected chi connectivity index (χ0v) is 13.4. The topological polar surface area (TPSA) is 54.5 Å². The number of halogens is 1. The van der Waals surface area contributed by atoms with Crippen LogP contribution in [0.25, 0.3) is 0 Å². The second kappa shape index (κ2) is 7.29. The highest BCUT2D eigenvalue weighted by Crippen LogP contribution is 2.28. The summed E-state index contributed by atoms with van der Waals surface area (Å²) in [6.07, 6.45) is 7.02. The molecule has 1 aromatic rings. The molecule has 2 aliphatic rings. The Morgan fingerprint density at radius 3 is 2.68 bits per heavy atom. The number of carbonyl (C=O) groups is 1. The van der Waals surface area contributed by atoms with E-state index in [-0.39, 0.29) is 17.9 Å². The van der Waals surface area contributed by atoms with Crippen LogP contribution in [0.5, 0.6) is 0 Å². The number of aromatic nitrogens is 1. The Bertz CT molecular complexity index is 512. The molecule has 0 atom stereocenters. The average Bonchev–Trinajstić information content (AvgIpc) is 2.56. The smallest absolute Gasteiger partial charge is 0.223 e. The summed E-state index contributed by atoms with van der Waals surface area (Å²) in [6, 6.07) is 2.22. The molecule has 2 saturated heterocycles. The molecule has 2 aliphatic heterocycles. The van der Waals surface area contributed by atoms with Crippen LogP contribution in [0.15, 0.2) is 18.5 Å². The normalized spacial score (nSPS) is 20.9. The molecule has 1 aromatic heterocycles. The SMILES string of the molecule is O=C(NC1CCOCC1)C1CCN(c2ccncc2Cl)CC1. The molecular weight excluding hydrogens is 302 g/mol. The predicted molar refractivity (Wildman–Crippen MR) is 86.2 cm³/mol. The fourth-order valence-corrected chi connectivity index (χ4v) is 3.41. The van der Waals surface area contributed by atoms with Gasteiger partial charge in [-0.2, -0.15) is 0 Å². The first-order valence-corrected chi connectivity index (χ1v) is 8.34. The fraction of sp³-hybridized carbons (Fsp3) is 0.625. The summed E-state index contributed by atoms with van der Waals surface area (Å²) >= 11 is 6.19. The maximum absolute atomic E-state index is 12.4. The monoisotopic (exact) mass is 323 g/mol. The molecule has 0 saturated carbocycles. The van der Waals surface area contributed by atoms with Gasteiger partial charge in [-0.1, -0.05) is 11.6 Å². The highest BCUT2D eigenvalue weighted by molar-refractivity contribution is 6.33. The van der Waals surface area contributed by atoms with Gasteiger partial charge in [-0.3, -0.25) is 9.78 Å². The first-order chi connectivity index (χ1) is 10.7. The summed E-state index contributed by atoms with van der Waals surface area (Å²) in [6.45, 7) is 3.22. The van der Waals surface area contributed by atoms with Gasteiger partial charge in [0.05, 0.1) is 10.7 Å². The second-order valence-electron chi connectivity index (χ2n) is 5.98. The Kier molecular flexibility index (Phi) is 5.16. The minimum Gasteiger partial charge on any atom is -0.381 e. The highest BCUT2D eigenvalue weighted by atomic mass is 35.5.